The Morgan fingerprint density at radius 2 is 1.90 bits per heavy atom. The topological polar surface area (TPSA) is 35.6 Å². The summed E-state index contributed by atoms with van der Waals surface area (Å²) in [6, 6.07) is -0.936. The number of nitrogens with zero attached hydrogens (tertiary/aromatic N) is 2. The summed E-state index contributed by atoms with van der Waals surface area (Å²) in [5.74, 6) is -3.34. The minimum absolute atomic E-state index is 0.106. The van der Waals surface area contributed by atoms with Crippen LogP contribution in [0, 0.1) is 0 Å². The normalized spacial score (nSPS) is 27.7. The standard InChI is InChI=1S/C12H18F5N3O/c13-11(14)6-9(18-7-11)10(21)20-3-1-2-19(4-5-20)8-12(15,16)17/h9,18H,1-8H2. The Morgan fingerprint density at radius 3 is 2.48 bits per heavy atom. The fourth-order valence-corrected chi connectivity index (χ4v) is 2.71. The number of rotatable bonds is 2. The number of amides is 1. The van der Waals surface area contributed by atoms with Crippen LogP contribution < -0.4 is 5.32 Å². The van der Waals surface area contributed by atoms with Gasteiger partial charge in [-0.25, -0.2) is 8.78 Å². The van der Waals surface area contributed by atoms with Gasteiger partial charge in [0.25, 0.3) is 5.92 Å². The minimum Gasteiger partial charge on any atom is -0.340 e. The molecule has 122 valence electrons. The molecule has 0 aromatic heterocycles. The third-order valence-electron chi connectivity index (χ3n) is 3.71. The van der Waals surface area contributed by atoms with Gasteiger partial charge in [0.1, 0.15) is 0 Å². The minimum atomic E-state index is -4.27. The first-order chi connectivity index (χ1) is 9.66. The van der Waals surface area contributed by atoms with Gasteiger partial charge in [0.15, 0.2) is 0 Å². The number of hydrogen-bond donors (Lipinski definition) is 1. The molecular weight excluding hydrogens is 297 g/mol. The maximum Gasteiger partial charge on any atom is 0.401 e. The molecule has 0 aromatic rings. The predicted octanol–water partition coefficient (Wildman–Crippen LogP) is 1.08. The Balaban J connectivity index is 1.87. The Hall–Kier alpha value is -0.960. The largest absolute Gasteiger partial charge is 0.401 e. The van der Waals surface area contributed by atoms with Crippen molar-refractivity contribution < 1.29 is 26.7 Å². The molecule has 1 N–H and O–H groups in total. The van der Waals surface area contributed by atoms with Gasteiger partial charge in [-0.15, -0.1) is 0 Å². The monoisotopic (exact) mass is 315 g/mol. The maximum atomic E-state index is 13.1. The van der Waals surface area contributed by atoms with E-state index in [0.717, 1.165) is 0 Å². The molecule has 2 heterocycles. The lowest BCUT2D eigenvalue weighted by atomic mass is 10.1. The molecule has 2 rings (SSSR count). The molecule has 1 amide bonds. The van der Waals surface area contributed by atoms with Gasteiger partial charge >= 0.3 is 6.18 Å². The summed E-state index contributed by atoms with van der Waals surface area (Å²) < 4.78 is 63.2. The first-order valence-corrected chi connectivity index (χ1v) is 6.85. The van der Waals surface area contributed by atoms with Gasteiger partial charge in [0.05, 0.1) is 19.1 Å². The van der Waals surface area contributed by atoms with Crippen molar-refractivity contribution in [2.24, 2.45) is 0 Å². The van der Waals surface area contributed by atoms with E-state index in [2.05, 4.69) is 5.32 Å². The van der Waals surface area contributed by atoms with Crippen LogP contribution in [0.5, 0.6) is 0 Å². The highest BCUT2D eigenvalue weighted by atomic mass is 19.4. The van der Waals surface area contributed by atoms with E-state index in [1.807, 2.05) is 0 Å². The molecule has 2 saturated heterocycles. The molecule has 4 nitrogen and oxygen atoms in total. The number of nitrogens with one attached hydrogen (secondary N) is 1. The summed E-state index contributed by atoms with van der Waals surface area (Å²) in [6.45, 7) is -0.742. The van der Waals surface area contributed by atoms with Crippen molar-refractivity contribution in [2.45, 2.75) is 31.0 Å². The highest BCUT2D eigenvalue weighted by molar-refractivity contribution is 5.82. The van der Waals surface area contributed by atoms with Crippen LogP contribution in [0.4, 0.5) is 22.0 Å². The molecule has 0 saturated carbocycles. The SMILES string of the molecule is O=C(C1CC(F)(F)CN1)N1CCCN(CC(F)(F)F)CC1. The second-order valence-corrected chi connectivity index (χ2v) is 5.56. The lowest BCUT2D eigenvalue weighted by Crippen LogP contribution is -2.45. The van der Waals surface area contributed by atoms with E-state index in [9.17, 15) is 26.7 Å². The van der Waals surface area contributed by atoms with Crippen LogP contribution >= 0.6 is 0 Å². The average Bonchev–Trinajstić information content (AvgIpc) is 2.56. The molecule has 2 fully saturated rings. The highest BCUT2D eigenvalue weighted by Crippen LogP contribution is 2.26. The number of carbonyl (C=O) groups excluding carboxylic acids is 1. The van der Waals surface area contributed by atoms with Crippen LogP contribution in [0.3, 0.4) is 0 Å². The van der Waals surface area contributed by atoms with Crippen LogP contribution in [0.15, 0.2) is 0 Å². The van der Waals surface area contributed by atoms with E-state index in [0.29, 0.717) is 13.0 Å². The highest BCUT2D eigenvalue weighted by Gasteiger charge is 2.43. The molecule has 0 aromatic carbocycles. The lowest BCUT2D eigenvalue weighted by Gasteiger charge is -2.24. The first-order valence-electron chi connectivity index (χ1n) is 6.85. The molecule has 2 aliphatic rings. The molecule has 21 heavy (non-hydrogen) atoms. The average molecular weight is 315 g/mol. The van der Waals surface area contributed by atoms with Crippen LogP contribution in [0.25, 0.3) is 0 Å². The Labute approximate surface area is 119 Å². The van der Waals surface area contributed by atoms with Gasteiger partial charge in [0.2, 0.25) is 5.91 Å². The van der Waals surface area contributed by atoms with Crippen LogP contribution in [0.2, 0.25) is 0 Å². The van der Waals surface area contributed by atoms with E-state index in [1.54, 1.807) is 0 Å². The van der Waals surface area contributed by atoms with Crippen molar-refractivity contribution in [1.82, 2.24) is 15.1 Å². The van der Waals surface area contributed by atoms with Crippen molar-refractivity contribution in [3.8, 4) is 0 Å². The second-order valence-electron chi connectivity index (χ2n) is 5.56. The lowest BCUT2D eigenvalue weighted by molar-refractivity contribution is -0.145. The summed E-state index contributed by atoms with van der Waals surface area (Å²) >= 11 is 0. The van der Waals surface area contributed by atoms with Crippen molar-refractivity contribution >= 4 is 5.91 Å². The molecule has 1 atom stereocenters. The van der Waals surface area contributed by atoms with Gasteiger partial charge in [-0.3, -0.25) is 15.0 Å². The quantitative estimate of drug-likeness (QED) is 0.775. The van der Waals surface area contributed by atoms with Gasteiger partial charge in [-0.2, -0.15) is 13.2 Å². The number of carbonyl (C=O) groups is 1. The van der Waals surface area contributed by atoms with Gasteiger partial charge in [0, 0.05) is 32.6 Å². The molecule has 1 unspecified atom stereocenters. The predicted molar refractivity (Wildman–Crippen MR) is 65.0 cm³/mol. The van der Waals surface area contributed by atoms with E-state index < -0.39 is 43.6 Å². The Kier molecular flexibility index (Phi) is 4.72. The number of alkyl halides is 5. The van der Waals surface area contributed by atoms with Crippen molar-refractivity contribution in [1.29, 1.82) is 0 Å². The summed E-state index contributed by atoms with van der Waals surface area (Å²) in [7, 11) is 0. The molecule has 0 bridgehead atoms. The third kappa shape index (κ3) is 4.77. The fourth-order valence-electron chi connectivity index (χ4n) is 2.71. The third-order valence-corrected chi connectivity index (χ3v) is 3.71. The number of halogens is 5. The smallest absolute Gasteiger partial charge is 0.340 e. The summed E-state index contributed by atoms with van der Waals surface area (Å²) in [6.07, 6.45) is -4.41. The van der Waals surface area contributed by atoms with Gasteiger partial charge in [-0.1, -0.05) is 0 Å². The van der Waals surface area contributed by atoms with Gasteiger partial charge in [-0.05, 0) is 6.42 Å². The molecule has 0 aliphatic carbocycles. The van der Waals surface area contributed by atoms with E-state index in [4.69, 9.17) is 0 Å². The molecule has 0 spiro atoms. The van der Waals surface area contributed by atoms with Crippen molar-refractivity contribution in [2.75, 3.05) is 39.3 Å². The summed E-state index contributed by atoms with van der Waals surface area (Å²) in [5, 5.41) is 2.48. The maximum absolute atomic E-state index is 13.1. The zero-order chi connectivity index (χ0) is 15.7. The number of hydrogen-bond acceptors (Lipinski definition) is 3. The van der Waals surface area contributed by atoms with Crippen LogP contribution in [0.1, 0.15) is 12.8 Å². The Bertz CT molecular complexity index is 388. The second kappa shape index (κ2) is 6.04. The van der Waals surface area contributed by atoms with E-state index in [1.165, 1.54) is 9.80 Å². The van der Waals surface area contributed by atoms with Crippen LogP contribution in [-0.4, -0.2) is 73.1 Å². The molecule has 0 radical (unpaired) electrons. The van der Waals surface area contributed by atoms with E-state index >= 15 is 0 Å². The molecular formula is C12H18F5N3O. The zero-order valence-electron chi connectivity index (χ0n) is 11.4. The van der Waals surface area contributed by atoms with Crippen LogP contribution in [-0.2, 0) is 4.79 Å². The van der Waals surface area contributed by atoms with E-state index in [-0.39, 0.29) is 19.6 Å². The molecule has 9 heteroatoms. The zero-order valence-corrected chi connectivity index (χ0v) is 11.4. The summed E-state index contributed by atoms with van der Waals surface area (Å²) in [5.41, 5.74) is 0. The first kappa shape index (κ1) is 16.4. The van der Waals surface area contributed by atoms with Crippen molar-refractivity contribution in [3.05, 3.63) is 0 Å². The van der Waals surface area contributed by atoms with Gasteiger partial charge < -0.3 is 4.90 Å². The fraction of sp³-hybridized carbons (Fsp3) is 0.917. The Morgan fingerprint density at radius 1 is 1.19 bits per heavy atom. The molecule has 2 aliphatic heterocycles. The summed E-state index contributed by atoms with van der Waals surface area (Å²) in [4.78, 5) is 14.7. The van der Waals surface area contributed by atoms with Crippen molar-refractivity contribution in [3.63, 3.8) is 0 Å².